The quantitative estimate of drug-likeness (QED) is 0.502. The normalized spacial score (nSPS) is 18.3. The molecule has 178 valence electrons. The molecule has 0 unspecified atom stereocenters. The van der Waals surface area contributed by atoms with Crippen LogP contribution in [-0.4, -0.2) is 36.9 Å². The Morgan fingerprint density at radius 1 is 1.00 bits per heavy atom. The molecule has 2 aromatic rings. The number of anilines is 1. The third-order valence-electron chi connectivity index (χ3n) is 5.76. The molecule has 3 rings (SSSR count). The van der Waals surface area contributed by atoms with Crippen LogP contribution < -0.4 is 10.6 Å². The zero-order valence-corrected chi connectivity index (χ0v) is 20.1. The van der Waals surface area contributed by atoms with Gasteiger partial charge in [0, 0.05) is 23.8 Å². The van der Waals surface area contributed by atoms with Crippen LogP contribution in [0, 0.1) is 5.92 Å². The molecule has 2 N–H and O–H groups in total. The van der Waals surface area contributed by atoms with E-state index >= 15 is 0 Å². The molecule has 0 saturated heterocycles. The van der Waals surface area contributed by atoms with Gasteiger partial charge >= 0.3 is 12.1 Å². The lowest BCUT2D eigenvalue weighted by Gasteiger charge is -2.30. The van der Waals surface area contributed by atoms with Gasteiger partial charge in [-0.25, -0.2) is 9.59 Å². The van der Waals surface area contributed by atoms with Gasteiger partial charge in [0.15, 0.2) is 0 Å². The van der Waals surface area contributed by atoms with Crippen LogP contribution in [0.5, 0.6) is 0 Å². The number of esters is 1. The predicted molar refractivity (Wildman–Crippen MR) is 131 cm³/mol. The summed E-state index contributed by atoms with van der Waals surface area (Å²) in [4.78, 5) is 24.3. The molecule has 1 aliphatic rings. The van der Waals surface area contributed by atoms with E-state index in [4.69, 9.17) is 9.47 Å². The maximum absolute atomic E-state index is 12.3. The Kier molecular flexibility index (Phi) is 8.37. The minimum absolute atomic E-state index is 0.156. The third-order valence-corrected chi connectivity index (χ3v) is 5.76. The number of hydrogen-bond donors (Lipinski definition) is 2. The second-order valence-electron chi connectivity index (χ2n) is 9.59. The average molecular weight is 453 g/mol. The first-order chi connectivity index (χ1) is 15.7. The highest BCUT2D eigenvalue weighted by atomic mass is 16.6. The first-order valence-corrected chi connectivity index (χ1v) is 11.8. The van der Waals surface area contributed by atoms with Crippen molar-refractivity contribution in [2.45, 2.75) is 65.0 Å². The fourth-order valence-electron chi connectivity index (χ4n) is 4.14. The van der Waals surface area contributed by atoms with Crippen LogP contribution in [0.15, 0.2) is 48.5 Å². The fourth-order valence-corrected chi connectivity index (χ4v) is 4.14. The minimum Gasteiger partial charge on any atom is -0.462 e. The number of hydrogen-bond acceptors (Lipinski definition) is 5. The Morgan fingerprint density at radius 3 is 2.33 bits per heavy atom. The number of rotatable bonds is 7. The summed E-state index contributed by atoms with van der Waals surface area (Å²) in [5.74, 6) is 0.186. The summed E-state index contributed by atoms with van der Waals surface area (Å²) in [5.41, 5.74) is 3.15. The van der Waals surface area contributed by atoms with Gasteiger partial charge in [-0.1, -0.05) is 36.4 Å². The number of nitrogens with one attached hydrogen (secondary N) is 2. The van der Waals surface area contributed by atoms with Crippen LogP contribution in [-0.2, 0) is 9.47 Å². The molecule has 6 heteroatoms. The molecule has 0 bridgehead atoms. The summed E-state index contributed by atoms with van der Waals surface area (Å²) in [6, 6.07) is 16.0. The van der Waals surface area contributed by atoms with Crippen LogP contribution in [0.3, 0.4) is 0 Å². The van der Waals surface area contributed by atoms with Crippen molar-refractivity contribution < 1.29 is 19.1 Å². The van der Waals surface area contributed by atoms with Crippen molar-refractivity contribution in [1.29, 1.82) is 0 Å². The van der Waals surface area contributed by atoms with Crippen LogP contribution in [0.4, 0.5) is 10.5 Å². The summed E-state index contributed by atoms with van der Waals surface area (Å²) < 4.78 is 10.6. The number of carbonyl (C=O) groups is 2. The predicted octanol–water partition coefficient (Wildman–Crippen LogP) is 6.03. The first-order valence-electron chi connectivity index (χ1n) is 11.8. The van der Waals surface area contributed by atoms with E-state index in [1.807, 2.05) is 64.1 Å². The number of benzene rings is 2. The van der Waals surface area contributed by atoms with E-state index in [0.29, 0.717) is 18.1 Å². The van der Waals surface area contributed by atoms with Crippen molar-refractivity contribution in [2.24, 2.45) is 5.92 Å². The van der Waals surface area contributed by atoms with E-state index in [2.05, 4.69) is 22.8 Å². The highest BCUT2D eigenvalue weighted by Crippen LogP contribution is 2.31. The summed E-state index contributed by atoms with van der Waals surface area (Å²) in [7, 11) is 0. The highest BCUT2D eigenvalue weighted by Gasteiger charge is 2.25. The number of amides is 1. The minimum atomic E-state index is -0.486. The lowest BCUT2D eigenvalue weighted by atomic mass is 9.86. The lowest BCUT2D eigenvalue weighted by molar-refractivity contribution is 0.0485. The van der Waals surface area contributed by atoms with Crippen molar-refractivity contribution >= 4 is 17.7 Å². The second kappa shape index (κ2) is 11.2. The SMILES string of the molecule is CCOC(=O)c1ccc(-c2ccccc2)c(NC[C@H]2CC[C@H](NC(=O)OC(C)(C)C)CC2)c1. The number of carbonyl (C=O) groups excluding carboxylic acids is 2. The number of alkyl carbamates (subject to hydrolysis) is 1. The molecule has 1 saturated carbocycles. The summed E-state index contributed by atoms with van der Waals surface area (Å²) in [6.45, 7) is 8.58. The second-order valence-corrected chi connectivity index (χ2v) is 9.59. The third kappa shape index (κ3) is 7.52. The Morgan fingerprint density at radius 2 is 1.70 bits per heavy atom. The molecule has 0 aromatic heterocycles. The van der Waals surface area contributed by atoms with E-state index in [1.165, 1.54) is 0 Å². The van der Waals surface area contributed by atoms with Crippen LogP contribution in [0.2, 0.25) is 0 Å². The fraction of sp³-hybridized carbons (Fsp3) is 0.481. The Bertz CT molecular complexity index is 929. The molecule has 2 aromatic carbocycles. The molecular formula is C27H36N2O4. The average Bonchev–Trinajstić information content (AvgIpc) is 2.78. The Hall–Kier alpha value is -3.02. The van der Waals surface area contributed by atoms with Gasteiger partial charge in [0.05, 0.1) is 12.2 Å². The molecule has 0 aliphatic heterocycles. The monoisotopic (exact) mass is 452 g/mol. The van der Waals surface area contributed by atoms with E-state index in [-0.39, 0.29) is 18.1 Å². The summed E-state index contributed by atoms with van der Waals surface area (Å²) >= 11 is 0. The molecule has 0 atom stereocenters. The molecule has 0 spiro atoms. The molecular weight excluding hydrogens is 416 g/mol. The molecule has 0 heterocycles. The van der Waals surface area contributed by atoms with Crippen molar-refractivity contribution in [3.8, 4) is 11.1 Å². The molecule has 6 nitrogen and oxygen atoms in total. The highest BCUT2D eigenvalue weighted by molar-refractivity contribution is 5.93. The zero-order valence-electron chi connectivity index (χ0n) is 20.1. The number of ether oxygens (including phenoxy) is 2. The van der Waals surface area contributed by atoms with Gasteiger partial charge in [-0.05, 0) is 77.0 Å². The maximum Gasteiger partial charge on any atom is 0.407 e. The van der Waals surface area contributed by atoms with Crippen molar-refractivity contribution in [2.75, 3.05) is 18.5 Å². The maximum atomic E-state index is 12.3. The molecule has 33 heavy (non-hydrogen) atoms. The molecule has 0 radical (unpaired) electrons. The van der Waals surface area contributed by atoms with E-state index < -0.39 is 5.60 Å². The standard InChI is InChI=1S/C27H36N2O4/c1-5-32-25(30)21-13-16-23(20-9-7-6-8-10-20)24(17-21)28-18-19-11-14-22(15-12-19)29-26(31)33-27(2,3)4/h6-10,13,16-17,19,22,28H,5,11-12,14-15,18H2,1-4H3,(H,29,31)/t19-,22-. The molecule has 1 fully saturated rings. The topological polar surface area (TPSA) is 76.7 Å². The first kappa shape index (κ1) is 24.6. The van der Waals surface area contributed by atoms with Crippen molar-refractivity contribution in [3.63, 3.8) is 0 Å². The van der Waals surface area contributed by atoms with Crippen LogP contribution in [0.25, 0.3) is 11.1 Å². The van der Waals surface area contributed by atoms with Gasteiger partial charge in [0.25, 0.3) is 0 Å². The van der Waals surface area contributed by atoms with Gasteiger partial charge in [-0.15, -0.1) is 0 Å². The van der Waals surface area contributed by atoms with Crippen LogP contribution >= 0.6 is 0 Å². The largest absolute Gasteiger partial charge is 0.462 e. The summed E-state index contributed by atoms with van der Waals surface area (Å²) in [6.07, 6.45) is 3.56. The van der Waals surface area contributed by atoms with Crippen LogP contribution in [0.1, 0.15) is 63.7 Å². The van der Waals surface area contributed by atoms with Gasteiger partial charge in [0.1, 0.15) is 5.60 Å². The summed E-state index contributed by atoms with van der Waals surface area (Å²) in [5, 5.41) is 6.58. The van der Waals surface area contributed by atoms with Crippen molar-refractivity contribution in [3.05, 3.63) is 54.1 Å². The van der Waals surface area contributed by atoms with E-state index in [0.717, 1.165) is 49.0 Å². The lowest BCUT2D eigenvalue weighted by Crippen LogP contribution is -2.41. The molecule has 1 aliphatic carbocycles. The van der Waals surface area contributed by atoms with Gasteiger partial charge in [-0.2, -0.15) is 0 Å². The van der Waals surface area contributed by atoms with E-state index in [9.17, 15) is 9.59 Å². The Balaban J connectivity index is 1.61. The van der Waals surface area contributed by atoms with Gasteiger partial charge in [0.2, 0.25) is 0 Å². The van der Waals surface area contributed by atoms with Gasteiger partial charge < -0.3 is 20.1 Å². The smallest absolute Gasteiger partial charge is 0.407 e. The Labute approximate surface area is 197 Å². The van der Waals surface area contributed by atoms with Crippen molar-refractivity contribution in [1.82, 2.24) is 5.32 Å². The zero-order chi connectivity index (χ0) is 23.8. The van der Waals surface area contributed by atoms with E-state index in [1.54, 1.807) is 0 Å². The van der Waals surface area contributed by atoms with Gasteiger partial charge in [-0.3, -0.25) is 0 Å². The molecule has 1 amide bonds.